The van der Waals surface area contributed by atoms with Gasteiger partial charge in [-0.2, -0.15) is 0 Å². The van der Waals surface area contributed by atoms with Gasteiger partial charge in [0.05, 0.1) is 22.8 Å². The SMILES string of the molecule is CC(=Nc1c(Br)cc(Br)cc1-c1ccc(C)cc1)C(C)=Nc1c(-c2ccc(C)cc2)cc(-c2ccccc2)cc1-c1ccc(C)cc1. The van der Waals surface area contributed by atoms with E-state index in [4.69, 9.17) is 9.98 Å². The lowest BCUT2D eigenvalue weighted by molar-refractivity contribution is 1.42. The van der Waals surface area contributed by atoms with Gasteiger partial charge in [-0.1, -0.05) is 136 Å². The highest BCUT2D eigenvalue weighted by molar-refractivity contribution is 9.11. The predicted molar refractivity (Wildman–Crippen MR) is 210 cm³/mol. The molecule has 0 saturated heterocycles. The van der Waals surface area contributed by atoms with Crippen molar-refractivity contribution in [3.05, 3.63) is 153 Å². The van der Waals surface area contributed by atoms with Crippen LogP contribution in [0.2, 0.25) is 0 Å². The molecule has 0 heterocycles. The first-order valence-electron chi connectivity index (χ1n) is 15.7. The summed E-state index contributed by atoms with van der Waals surface area (Å²) in [5.41, 5.74) is 16.1. The minimum atomic E-state index is 0.846. The number of hydrogen-bond acceptors (Lipinski definition) is 2. The Balaban J connectivity index is 1.57. The molecule has 6 aromatic carbocycles. The van der Waals surface area contributed by atoms with E-state index in [1.165, 1.54) is 22.3 Å². The van der Waals surface area contributed by atoms with E-state index in [0.29, 0.717) is 0 Å². The largest absolute Gasteiger partial charge is 0.251 e. The highest BCUT2D eigenvalue weighted by atomic mass is 79.9. The number of rotatable bonds is 7. The molecule has 0 atom stereocenters. The average molecular weight is 741 g/mol. The first-order chi connectivity index (χ1) is 22.7. The van der Waals surface area contributed by atoms with Crippen LogP contribution in [0, 0.1) is 20.8 Å². The van der Waals surface area contributed by atoms with Gasteiger partial charge in [-0.05, 0) is 103 Å². The highest BCUT2D eigenvalue weighted by Gasteiger charge is 2.17. The van der Waals surface area contributed by atoms with Crippen LogP contribution >= 0.6 is 31.9 Å². The molecule has 0 spiro atoms. The van der Waals surface area contributed by atoms with E-state index in [1.54, 1.807) is 0 Å². The molecule has 0 fully saturated rings. The maximum atomic E-state index is 5.41. The Morgan fingerprint density at radius 2 is 0.830 bits per heavy atom. The van der Waals surface area contributed by atoms with Crippen LogP contribution in [-0.2, 0) is 0 Å². The number of aryl methyl sites for hydroxylation is 3. The molecule has 232 valence electrons. The third-order valence-electron chi connectivity index (χ3n) is 8.42. The van der Waals surface area contributed by atoms with Crippen molar-refractivity contribution in [2.45, 2.75) is 34.6 Å². The summed E-state index contributed by atoms with van der Waals surface area (Å²) in [6.07, 6.45) is 0. The predicted octanol–water partition coefficient (Wildman–Crippen LogP) is 13.7. The molecule has 0 aliphatic carbocycles. The zero-order chi connectivity index (χ0) is 33.1. The van der Waals surface area contributed by atoms with Crippen molar-refractivity contribution in [3.63, 3.8) is 0 Å². The molecular formula is C43H36Br2N2. The van der Waals surface area contributed by atoms with E-state index in [1.807, 2.05) is 13.0 Å². The molecule has 0 saturated carbocycles. The zero-order valence-electron chi connectivity index (χ0n) is 27.3. The van der Waals surface area contributed by atoms with Crippen molar-refractivity contribution < 1.29 is 0 Å². The van der Waals surface area contributed by atoms with Gasteiger partial charge in [0.25, 0.3) is 0 Å². The second-order valence-corrected chi connectivity index (χ2v) is 13.8. The molecule has 0 aromatic heterocycles. The second-order valence-electron chi connectivity index (χ2n) is 12.1. The third kappa shape index (κ3) is 7.45. The minimum absolute atomic E-state index is 0.846. The maximum absolute atomic E-state index is 5.41. The van der Waals surface area contributed by atoms with Gasteiger partial charge in [0.1, 0.15) is 0 Å². The Hall–Kier alpha value is -4.38. The molecule has 0 aliphatic heterocycles. The van der Waals surface area contributed by atoms with Crippen LogP contribution < -0.4 is 0 Å². The number of benzene rings is 6. The highest BCUT2D eigenvalue weighted by Crippen LogP contribution is 2.44. The van der Waals surface area contributed by atoms with Crippen molar-refractivity contribution in [3.8, 4) is 44.5 Å². The van der Waals surface area contributed by atoms with Crippen LogP contribution in [0.4, 0.5) is 11.4 Å². The fourth-order valence-corrected chi connectivity index (χ4v) is 6.90. The topological polar surface area (TPSA) is 24.7 Å². The Morgan fingerprint density at radius 1 is 0.426 bits per heavy atom. The molecule has 0 amide bonds. The van der Waals surface area contributed by atoms with E-state index in [2.05, 4.69) is 181 Å². The van der Waals surface area contributed by atoms with Crippen molar-refractivity contribution in [1.82, 2.24) is 0 Å². The van der Waals surface area contributed by atoms with Gasteiger partial charge in [-0.3, -0.25) is 9.98 Å². The summed E-state index contributed by atoms with van der Waals surface area (Å²) in [5.74, 6) is 0. The lowest BCUT2D eigenvalue weighted by Gasteiger charge is -2.17. The van der Waals surface area contributed by atoms with Gasteiger partial charge in [0, 0.05) is 25.6 Å². The molecule has 2 nitrogen and oxygen atoms in total. The molecule has 6 aromatic rings. The van der Waals surface area contributed by atoms with E-state index in [9.17, 15) is 0 Å². The molecule has 4 heteroatoms. The Labute approximate surface area is 295 Å². The molecule has 0 N–H and O–H groups in total. The van der Waals surface area contributed by atoms with Crippen LogP contribution in [-0.4, -0.2) is 11.4 Å². The Bertz CT molecular complexity index is 2040. The Kier molecular flexibility index (Phi) is 9.81. The van der Waals surface area contributed by atoms with Crippen molar-refractivity contribution in [2.24, 2.45) is 9.98 Å². The molecule has 0 unspecified atom stereocenters. The van der Waals surface area contributed by atoms with E-state index >= 15 is 0 Å². The average Bonchev–Trinajstić information content (AvgIpc) is 3.07. The quantitative estimate of drug-likeness (QED) is 0.146. The van der Waals surface area contributed by atoms with Gasteiger partial charge < -0.3 is 0 Å². The molecule has 6 rings (SSSR count). The van der Waals surface area contributed by atoms with Crippen LogP contribution in [0.25, 0.3) is 44.5 Å². The first-order valence-corrected chi connectivity index (χ1v) is 17.3. The Morgan fingerprint density at radius 3 is 1.28 bits per heavy atom. The summed E-state index contributed by atoms with van der Waals surface area (Å²) in [6.45, 7) is 10.4. The summed E-state index contributed by atoms with van der Waals surface area (Å²) in [7, 11) is 0. The molecular weight excluding hydrogens is 704 g/mol. The molecule has 0 radical (unpaired) electrons. The maximum Gasteiger partial charge on any atom is 0.0854 e. The standard InChI is InChI=1S/C43H36Br2N2/c1-27-11-17-33(18-12-27)38-23-36(32-9-7-6-8-10-32)24-39(34-19-13-28(2)14-20-34)42(38)46-30(4)31(5)47-43-40(25-37(44)26-41(43)45)35-21-15-29(3)16-22-35/h6-26H,1-5H3. The fourth-order valence-electron chi connectivity index (χ4n) is 5.59. The molecule has 0 aliphatic rings. The second kappa shape index (κ2) is 14.2. The lowest BCUT2D eigenvalue weighted by Crippen LogP contribution is -2.05. The van der Waals surface area contributed by atoms with Gasteiger partial charge in [0.2, 0.25) is 0 Å². The summed E-state index contributed by atoms with van der Waals surface area (Å²) in [5, 5.41) is 0. The van der Waals surface area contributed by atoms with Crippen LogP contribution in [0.15, 0.2) is 146 Å². The first kappa shape index (κ1) is 32.6. The van der Waals surface area contributed by atoms with Crippen LogP contribution in [0.3, 0.4) is 0 Å². The number of hydrogen-bond donors (Lipinski definition) is 0. The van der Waals surface area contributed by atoms with Gasteiger partial charge >= 0.3 is 0 Å². The monoisotopic (exact) mass is 738 g/mol. The van der Waals surface area contributed by atoms with E-state index in [0.717, 1.165) is 70.7 Å². The fraction of sp³-hybridized carbons (Fsp3) is 0.116. The van der Waals surface area contributed by atoms with E-state index in [-0.39, 0.29) is 0 Å². The van der Waals surface area contributed by atoms with E-state index < -0.39 is 0 Å². The summed E-state index contributed by atoms with van der Waals surface area (Å²) in [4.78, 5) is 10.6. The van der Waals surface area contributed by atoms with Gasteiger partial charge in [0.15, 0.2) is 0 Å². The van der Waals surface area contributed by atoms with Gasteiger partial charge in [-0.25, -0.2) is 0 Å². The third-order valence-corrected chi connectivity index (χ3v) is 9.48. The number of halogens is 2. The van der Waals surface area contributed by atoms with Crippen molar-refractivity contribution in [1.29, 1.82) is 0 Å². The van der Waals surface area contributed by atoms with Crippen molar-refractivity contribution in [2.75, 3.05) is 0 Å². The zero-order valence-corrected chi connectivity index (χ0v) is 30.4. The summed E-state index contributed by atoms with van der Waals surface area (Å²) >= 11 is 7.49. The number of aliphatic imine (C=N–C) groups is 2. The van der Waals surface area contributed by atoms with Crippen LogP contribution in [0.1, 0.15) is 30.5 Å². The molecule has 0 bridgehead atoms. The lowest BCUT2D eigenvalue weighted by atomic mass is 9.90. The van der Waals surface area contributed by atoms with Gasteiger partial charge in [-0.15, -0.1) is 0 Å². The number of nitrogens with zero attached hydrogens (tertiary/aromatic N) is 2. The summed E-state index contributed by atoms with van der Waals surface area (Å²) in [6, 6.07) is 45.3. The van der Waals surface area contributed by atoms with Crippen LogP contribution in [0.5, 0.6) is 0 Å². The summed E-state index contributed by atoms with van der Waals surface area (Å²) < 4.78 is 1.91. The molecule has 47 heavy (non-hydrogen) atoms. The smallest absolute Gasteiger partial charge is 0.0854 e. The minimum Gasteiger partial charge on any atom is -0.251 e. The normalized spacial score (nSPS) is 12.0. The van der Waals surface area contributed by atoms with Crippen molar-refractivity contribution >= 4 is 54.7 Å².